The van der Waals surface area contributed by atoms with E-state index in [0.29, 0.717) is 5.89 Å². The highest BCUT2D eigenvalue weighted by Crippen LogP contribution is 2.26. The highest BCUT2D eigenvalue weighted by atomic mass is 32.1. The third kappa shape index (κ3) is 2.78. The Kier molecular flexibility index (Phi) is 3.97. The average Bonchev–Trinajstić information content (AvgIpc) is 3.28. The second kappa shape index (κ2) is 6.14. The van der Waals surface area contributed by atoms with Crippen molar-refractivity contribution in [1.82, 2.24) is 29.6 Å². The summed E-state index contributed by atoms with van der Waals surface area (Å²) in [6.07, 6.45) is 2.77. The average molecular weight is 347 g/mol. The SMILES string of the molecule is CCc1noc([C@@H](C)N2CCN(c3nn4cc(C)nc4s3)CC2)n1. The lowest BCUT2D eigenvalue weighted by molar-refractivity contribution is 0.164. The number of anilines is 1. The molecule has 4 rings (SSSR count). The quantitative estimate of drug-likeness (QED) is 0.714. The van der Waals surface area contributed by atoms with Crippen LogP contribution in [0.15, 0.2) is 10.7 Å². The van der Waals surface area contributed by atoms with E-state index >= 15 is 0 Å². The number of hydrogen-bond donors (Lipinski definition) is 0. The molecule has 0 spiro atoms. The molecule has 0 saturated carbocycles. The molecule has 0 aliphatic carbocycles. The predicted octanol–water partition coefficient (Wildman–Crippen LogP) is 1.93. The minimum Gasteiger partial charge on any atom is -0.344 e. The van der Waals surface area contributed by atoms with Gasteiger partial charge in [0.15, 0.2) is 5.82 Å². The molecule has 4 heterocycles. The van der Waals surface area contributed by atoms with Crippen LogP contribution in [0.4, 0.5) is 5.13 Å². The van der Waals surface area contributed by atoms with Crippen molar-refractivity contribution >= 4 is 21.4 Å². The molecule has 3 aromatic heterocycles. The van der Waals surface area contributed by atoms with Crippen molar-refractivity contribution in [2.45, 2.75) is 33.2 Å². The Morgan fingerprint density at radius 2 is 2.04 bits per heavy atom. The maximum atomic E-state index is 5.38. The summed E-state index contributed by atoms with van der Waals surface area (Å²) in [6, 6.07) is 0.149. The summed E-state index contributed by atoms with van der Waals surface area (Å²) in [5, 5.41) is 9.67. The van der Waals surface area contributed by atoms with Gasteiger partial charge in [-0.05, 0) is 13.8 Å². The number of piperazine rings is 1. The first-order valence-electron chi connectivity index (χ1n) is 8.28. The molecule has 128 valence electrons. The van der Waals surface area contributed by atoms with Crippen LogP contribution >= 0.6 is 11.3 Å². The molecule has 24 heavy (non-hydrogen) atoms. The highest BCUT2D eigenvalue weighted by Gasteiger charge is 2.27. The van der Waals surface area contributed by atoms with E-state index in [9.17, 15) is 0 Å². The molecule has 0 unspecified atom stereocenters. The van der Waals surface area contributed by atoms with Gasteiger partial charge in [0.2, 0.25) is 16.0 Å². The van der Waals surface area contributed by atoms with E-state index in [1.807, 2.05) is 24.6 Å². The second-order valence-corrected chi connectivity index (χ2v) is 7.03. The van der Waals surface area contributed by atoms with E-state index in [1.165, 1.54) is 0 Å². The molecule has 1 atom stereocenters. The molecule has 1 aliphatic heterocycles. The summed E-state index contributed by atoms with van der Waals surface area (Å²) in [7, 11) is 0. The molecular formula is C15H21N7OS. The topological polar surface area (TPSA) is 75.6 Å². The summed E-state index contributed by atoms with van der Waals surface area (Å²) in [5.41, 5.74) is 1.00. The minimum atomic E-state index is 0.149. The molecule has 1 fully saturated rings. The van der Waals surface area contributed by atoms with Crippen LogP contribution in [-0.4, -0.2) is 55.8 Å². The predicted molar refractivity (Wildman–Crippen MR) is 91.5 cm³/mol. The van der Waals surface area contributed by atoms with Crippen molar-refractivity contribution in [3.8, 4) is 0 Å². The van der Waals surface area contributed by atoms with Crippen molar-refractivity contribution in [2.24, 2.45) is 0 Å². The fourth-order valence-electron chi connectivity index (χ4n) is 2.96. The van der Waals surface area contributed by atoms with Crippen LogP contribution < -0.4 is 4.90 Å². The molecule has 0 N–H and O–H groups in total. The van der Waals surface area contributed by atoms with E-state index in [0.717, 1.165) is 54.2 Å². The number of imidazole rings is 1. The van der Waals surface area contributed by atoms with Gasteiger partial charge in [-0.2, -0.15) is 4.98 Å². The molecule has 0 radical (unpaired) electrons. The Morgan fingerprint density at radius 1 is 1.25 bits per heavy atom. The van der Waals surface area contributed by atoms with Gasteiger partial charge in [-0.15, -0.1) is 5.10 Å². The Balaban J connectivity index is 1.41. The first kappa shape index (κ1) is 15.5. The first-order chi connectivity index (χ1) is 11.6. The molecular weight excluding hydrogens is 326 g/mol. The monoisotopic (exact) mass is 347 g/mol. The van der Waals surface area contributed by atoms with Crippen molar-refractivity contribution in [3.63, 3.8) is 0 Å². The van der Waals surface area contributed by atoms with E-state index in [4.69, 9.17) is 4.52 Å². The molecule has 1 saturated heterocycles. The normalized spacial score (nSPS) is 17.7. The van der Waals surface area contributed by atoms with Crippen LogP contribution in [0.3, 0.4) is 0 Å². The van der Waals surface area contributed by atoms with Crippen LogP contribution in [-0.2, 0) is 6.42 Å². The summed E-state index contributed by atoms with van der Waals surface area (Å²) >= 11 is 1.64. The maximum Gasteiger partial charge on any atom is 0.243 e. The zero-order chi connectivity index (χ0) is 16.7. The van der Waals surface area contributed by atoms with Gasteiger partial charge in [0.1, 0.15) is 0 Å². The van der Waals surface area contributed by atoms with Gasteiger partial charge in [-0.3, -0.25) is 4.90 Å². The largest absolute Gasteiger partial charge is 0.344 e. The Hall–Kier alpha value is -2.00. The van der Waals surface area contributed by atoms with Gasteiger partial charge in [-0.25, -0.2) is 9.50 Å². The molecule has 1 aliphatic rings. The van der Waals surface area contributed by atoms with Crippen molar-refractivity contribution in [3.05, 3.63) is 23.6 Å². The second-order valence-electron chi connectivity index (χ2n) is 6.10. The molecule has 3 aromatic rings. The standard InChI is InChI=1S/C15H21N7OS/c1-4-12-17-13(23-19-12)11(3)20-5-7-21(8-6-20)15-18-22-9-10(2)16-14(22)24-15/h9,11H,4-8H2,1-3H3/t11-/m1/s1. The molecule has 0 aromatic carbocycles. The molecule has 9 heteroatoms. The van der Waals surface area contributed by atoms with Crippen LogP contribution in [0.2, 0.25) is 0 Å². The molecule has 0 amide bonds. The van der Waals surface area contributed by atoms with Crippen molar-refractivity contribution in [2.75, 3.05) is 31.1 Å². The number of aromatic nitrogens is 5. The zero-order valence-electron chi connectivity index (χ0n) is 14.1. The van der Waals surface area contributed by atoms with Crippen LogP contribution in [0.25, 0.3) is 4.96 Å². The third-order valence-electron chi connectivity index (χ3n) is 4.44. The number of rotatable bonds is 4. The smallest absolute Gasteiger partial charge is 0.243 e. The summed E-state index contributed by atoms with van der Waals surface area (Å²) in [5.74, 6) is 1.49. The minimum absolute atomic E-state index is 0.149. The van der Waals surface area contributed by atoms with Gasteiger partial charge in [-0.1, -0.05) is 23.4 Å². The zero-order valence-corrected chi connectivity index (χ0v) is 15.0. The van der Waals surface area contributed by atoms with Crippen molar-refractivity contribution < 1.29 is 4.52 Å². The van der Waals surface area contributed by atoms with Crippen LogP contribution in [0.1, 0.15) is 37.3 Å². The van der Waals surface area contributed by atoms with Gasteiger partial charge < -0.3 is 9.42 Å². The van der Waals surface area contributed by atoms with Crippen LogP contribution in [0.5, 0.6) is 0 Å². The van der Waals surface area contributed by atoms with Gasteiger partial charge >= 0.3 is 0 Å². The van der Waals surface area contributed by atoms with E-state index < -0.39 is 0 Å². The highest BCUT2D eigenvalue weighted by molar-refractivity contribution is 7.20. The summed E-state index contributed by atoms with van der Waals surface area (Å²) in [4.78, 5) is 14.6. The van der Waals surface area contributed by atoms with Gasteiger partial charge in [0.25, 0.3) is 0 Å². The summed E-state index contributed by atoms with van der Waals surface area (Å²) < 4.78 is 7.25. The van der Waals surface area contributed by atoms with E-state index in [2.05, 4.69) is 36.9 Å². The lowest BCUT2D eigenvalue weighted by Gasteiger charge is -2.36. The number of nitrogens with zero attached hydrogens (tertiary/aromatic N) is 7. The lowest BCUT2D eigenvalue weighted by atomic mass is 10.2. The van der Waals surface area contributed by atoms with E-state index in [-0.39, 0.29) is 6.04 Å². The fraction of sp³-hybridized carbons (Fsp3) is 0.600. The lowest BCUT2D eigenvalue weighted by Crippen LogP contribution is -2.47. The number of hydrogen-bond acceptors (Lipinski definition) is 8. The van der Waals surface area contributed by atoms with Crippen LogP contribution in [0, 0.1) is 6.92 Å². The Bertz CT molecular complexity index is 798. The Labute approximate surface area is 144 Å². The third-order valence-corrected chi connectivity index (χ3v) is 5.43. The molecule has 8 nitrogen and oxygen atoms in total. The Morgan fingerprint density at radius 3 is 2.71 bits per heavy atom. The number of aryl methyl sites for hydroxylation is 2. The van der Waals surface area contributed by atoms with Gasteiger partial charge in [0, 0.05) is 32.6 Å². The van der Waals surface area contributed by atoms with Crippen molar-refractivity contribution in [1.29, 1.82) is 0 Å². The first-order valence-corrected chi connectivity index (χ1v) is 9.10. The summed E-state index contributed by atoms with van der Waals surface area (Å²) in [6.45, 7) is 9.93. The maximum absolute atomic E-state index is 5.38. The molecule has 0 bridgehead atoms. The van der Waals surface area contributed by atoms with Gasteiger partial charge in [0.05, 0.1) is 17.9 Å². The van der Waals surface area contributed by atoms with E-state index in [1.54, 1.807) is 11.3 Å². The number of fused-ring (bicyclic) bond motifs is 1. The fourth-order valence-corrected chi connectivity index (χ4v) is 3.94.